The number of benzene rings is 2. The molecule has 0 saturated heterocycles. The lowest BCUT2D eigenvalue weighted by Gasteiger charge is -2.04. The number of carbonyl (C=O) groups excluding carboxylic acids is 1. The van der Waals surface area contributed by atoms with E-state index in [4.69, 9.17) is 11.6 Å². The second-order valence-electron chi connectivity index (χ2n) is 5.94. The Morgan fingerprint density at radius 2 is 1.96 bits per heavy atom. The second kappa shape index (κ2) is 6.81. The fourth-order valence-electron chi connectivity index (χ4n) is 2.73. The summed E-state index contributed by atoms with van der Waals surface area (Å²) in [5.41, 5.74) is 1.28. The van der Waals surface area contributed by atoms with Crippen molar-refractivity contribution in [2.75, 3.05) is 0 Å². The molecule has 0 aliphatic carbocycles. The first-order valence-electron chi connectivity index (χ1n) is 8.06. The Labute approximate surface area is 157 Å². The summed E-state index contributed by atoms with van der Waals surface area (Å²) in [4.78, 5) is 28.8. The maximum Gasteiger partial charge on any atom is 0.352 e. The van der Waals surface area contributed by atoms with E-state index in [2.05, 4.69) is 15.4 Å². The molecule has 1 N–H and O–H groups in total. The quantitative estimate of drug-likeness (QED) is 0.583. The third-order valence-corrected chi connectivity index (χ3v) is 4.31. The predicted octanol–water partition coefficient (Wildman–Crippen LogP) is 2.15. The van der Waals surface area contributed by atoms with Crippen molar-refractivity contribution >= 4 is 34.1 Å². The van der Waals surface area contributed by atoms with E-state index in [-0.39, 0.29) is 24.8 Å². The Kier molecular flexibility index (Phi) is 4.33. The van der Waals surface area contributed by atoms with Crippen molar-refractivity contribution in [2.24, 2.45) is 0 Å². The number of hydrogen-bond acceptors (Lipinski definition) is 4. The lowest BCUT2D eigenvalue weighted by atomic mass is 10.2. The number of nitrogens with one attached hydrogen (secondary N) is 1. The van der Waals surface area contributed by atoms with Gasteiger partial charge in [0.1, 0.15) is 18.7 Å². The van der Waals surface area contributed by atoms with Gasteiger partial charge in [0.15, 0.2) is 5.65 Å². The zero-order chi connectivity index (χ0) is 19.0. The number of nitrogens with zero attached hydrogens (tertiary/aromatic N) is 4. The smallest absolute Gasteiger partial charge is 0.350 e. The molecule has 9 heteroatoms. The SMILES string of the molecule is O=C(Cn1nc2c3ccc(Cl)cc3ncn2c1=O)NCc1ccc(F)cc1. The minimum absolute atomic E-state index is 0.226. The molecule has 4 rings (SSSR count). The van der Waals surface area contributed by atoms with Gasteiger partial charge in [-0.25, -0.2) is 23.3 Å². The first-order valence-corrected chi connectivity index (χ1v) is 8.43. The van der Waals surface area contributed by atoms with Crippen LogP contribution in [0, 0.1) is 5.82 Å². The molecular weight excluding hydrogens is 373 g/mol. The van der Waals surface area contributed by atoms with Gasteiger partial charge in [0.25, 0.3) is 0 Å². The van der Waals surface area contributed by atoms with Crippen LogP contribution in [0.3, 0.4) is 0 Å². The van der Waals surface area contributed by atoms with E-state index in [0.717, 1.165) is 10.2 Å². The Hall–Kier alpha value is -3.26. The van der Waals surface area contributed by atoms with E-state index < -0.39 is 5.69 Å². The third-order valence-electron chi connectivity index (χ3n) is 4.08. The molecule has 2 heterocycles. The zero-order valence-electron chi connectivity index (χ0n) is 13.9. The van der Waals surface area contributed by atoms with Gasteiger partial charge in [0.05, 0.1) is 5.52 Å². The van der Waals surface area contributed by atoms with Crippen LogP contribution in [0.2, 0.25) is 5.02 Å². The predicted molar refractivity (Wildman–Crippen MR) is 98.0 cm³/mol. The summed E-state index contributed by atoms with van der Waals surface area (Å²) in [6.45, 7) is -0.0129. The van der Waals surface area contributed by atoms with E-state index >= 15 is 0 Å². The highest BCUT2D eigenvalue weighted by Crippen LogP contribution is 2.19. The van der Waals surface area contributed by atoms with Crippen LogP contribution >= 0.6 is 11.6 Å². The minimum atomic E-state index is -0.466. The van der Waals surface area contributed by atoms with E-state index in [1.54, 1.807) is 30.3 Å². The summed E-state index contributed by atoms with van der Waals surface area (Å²) < 4.78 is 15.3. The molecule has 0 bridgehead atoms. The van der Waals surface area contributed by atoms with Crippen LogP contribution in [-0.2, 0) is 17.9 Å². The first kappa shape index (κ1) is 17.2. The van der Waals surface area contributed by atoms with Gasteiger partial charge >= 0.3 is 5.69 Å². The van der Waals surface area contributed by atoms with Crippen molar-refractivity contribution < 1.29 is 9.18 Å². The Bertz CT molecular complexity index is 1220. The van der Waals surface area contributed by atoms with E-state index in [9.17, 15) is 14.0 Å². The molecule has 0 spiro atoms. The molecule has 0 aliphatic rings. The van der Waals surface area contributed by atoms with Crippen molar-refractivity contribution in [3.8, 4) is 0 Å². The number of carbonyl (C=O) groups is 1. The number of halogens is 2. The van der Waals surface area contributed by atoms with Gasteiger partial charge < -0.3 is 5.32 Å². The number of rotatable bonds is 4. The highest BCUT2D eigenvalue weighted by atomic mass is 35.5. The zero-order valence-corrected chi connectivity index (χ0v) is 14.7. The lowest BCUT2D eigenvalue weighted by molar-refractivity contribution is -0.122. The molecule has 0 unspecified atom stereocenters. The standard InChI is InChI=1S/C18H13ClFN5O2/c19-12-3-6-14-15(7-12)22-10-24-17(14)23-25(18(24)27)9-16(26)21-8-11-1-4-13(20)5-2-11/h1-7,10H,8-9H2,(H,21,26). The summed E-state index contributed by atoms with van der Waals surface area (Å²) >= 11 is 5.96. The van der Waals surface area contributed by atoms with Crippen molar-refractivity contribution in [3.63, 3.8) is 0 Å². The maximum absolute atomic E-state index is 12.9. The Balaban J connectivity index is 1.57. The van der Waals surface area contributed by atoms with Gasteiger partial charge in [-0.3, -0.25) is 4.79 Å². The summed E-state index contributed by atoms with van der Waals surface area (Å²) in [5, 5.41) is 8.12. The first-order chi connectivity index (χ1) is 13.0. The van der Waals surface area contributed by atoms with Gasteiger partial charge in [-0.2, -0.15) is 0 Å². The van der Waals surface area contributed by atoms with Gasteiger partial charge in [-0.15, -0.1) is 5.10 Å². The third kappa shape index (κ3) is 3.39. The molecule has 2 aromatic heterocycles. The molecule has 0 aliphatic heterocycles. The van der Waals surface area contributed by atoms with Crippen molar-refractivity contribution in [2.45, 2.75) is 13.1 Å². The van der Waals surface area contributed by atoms with Crippen LogP contribution in [0.25, 0.3) is 16.6 Å². The minimum Gasteiger partial charge on any atom is -0.350 e. The Morgan fingerprint density at radius 1 is 1.19 bits per heavy atom. The van der Waals surface area contributed by atoms with Crippen molar-refractivity contribution in [1.82, 2.24) is 24.5 Å². The van der Waals surface area contributed by atoms with Gasteiger partial charge in [0, 0.05) is 17.0 Å². The molecule has 0 atom stereocenters. The highest BCUT2D eigenvalue weighted by Gasteiger charge is 2.13. The van der Waals surface area contributed by atoms with Crippen LogP contribution in [0.5, 0.6) is 0 Å². The molecular formula is C18H13ClFN5O2. The molecule has 4 aromatic rings. The van der Waals surface area contributed by atoms with Crippen molar-refractivity contribution in [3.05, 3.63) is 75.7 Å². The summed E-state index contributed by atoms with van der Waals surface area (Å²) in [7, 11) is 0. The summed E-state index contributed by atoms with van der Waals surface area (Å²) in [5.74, 6) is -0.728. The number of fused-ring (bicyclic) bond motifs is 3. The summed E-state index contributed by atoms with van der Waals surface area (Å²) in [6.07, 6.45) is 1.36. The number of aromatic nitrogens is 4. The number of hydrogen-bond donors (Lipinski definition) is 1. The molecule has 0 radical (unpaired) electrons. The topological polar surface area (TPSA) is 81.3 Å². The van der Waals surface area contributed by atoms with Crippen LogP contribution < -0.4 is 11.0 Å². The molecule has 7 nitrogen and oxygen atoms in total. The maximum atomic E-state index is 12.9. The summed E-state index contributed by atoms with van der Waals surface area (Å²) in [6, 6.07) is 10.9. The molecule has 2 aromatic carbocycles. The fraction of sp³-hybridized carbons (Fsp3) is 0.111. The molecule has 136 valence electrons. The van der Waals surface area contributed by atoms with E-state index in [1.807, 2.05) is 0 Å². The molecule has 27 heavy (non-hydrogen) atoms. The van der Waals surface area contributed by atoms with Gasteiger partial charge in [-0.05, 0) is 35.9 Å². The number of amides is 1. The van der Waals surface area contributed by atoms with Gasteiger partial charge in [0.2, 0.25) is 5.91 Å². The monoisotopic (exact) mass is 385 g/mol. The average Bonchev–Trinajstić information content (AvgIpc) is 2.97. The van der Waals surface area contributed by atoms with Crippen molar-refractivity contribution in [1.29, 1.82) is 0 Å². The highest BCUT2D eigenvalue weighted by molar-refractivity contribution is 6.31. The second-order valence-corrected chi connectivity index (χ2v) is 6.38. The lowest BCUT2D eigenvalue weighted by Crippen LogP contribution is -2.32. The van der Waals surface area contributed by atoms with Crippen LogP contribution in [0.4, 0.5) is 4.39 Å². The van der Waals surface area contributed by atoms with E-state index in [0.29, 0.717) is 21.6 Å². The molecule has 0 saturated carbocycles. The largest absolute Gasteiger partial charge is 0.352 e. The molecule has 0 fully saturated rings. The average molecular weight is 386 g/mol. The fourth-order valence-corrected chi connectivity index (χ4v) is 2.89. The van der Waals surface area contributed by atoms with Crippen LogP contribution in [-0.4, -0.2) is 25.1 Å². The molecule has 1 amide bonds. The normalized spacial score (nSPS) is 11.2. The van der Waals surface area contributed by atoms with Gasteiger partial charge in [-0.1, -0.05) is 23.7 Å². The Morgan fingerprint density at radius 3 is 2.74 bits per heavy atom. The van der Waals surface area contributed by atoms with Crippen LogP contribution in [0.1, 0.15) is 5.56 Å². The van der Waals surface area contributed by atoms with E-state index in [1.165, 1.54) is 22.9 Å². The van der Waals surface area contributed by atoms with Crippen LogP contribution in [0.15, 0.2) is 53.6 Å².